The minimum absolute atomic E-state index is 0.115. The van der Waals surface area contributed by atoms with Gasteiger partial charge in [0, 0.05) is 10.0 Å². The number of carbonyl (C=O) groups is 1. The molecule has 0 aliphatic rings. The predicted octanol–water partition coefficient (Wildman–Crippen LogP) is 2.74. The first kappa shape index (κ1) is 20.8. The van der Waals surface area contributed by atoms with E-state index in [2.05, 4.69) is 25.9 Å². The molecule has 1 heterocycles. The number of carbonyl (C=O) groups excluding carboxylic acids is 1. The third-order valence-electron chi connectivity index (χ3n) is 3.36. The van der Waals surface area contributed by atoms with E-state index in [1.807, 2.05) is 6.07 Å². The molecule has 1 aromatic heterocycles. The van der Waals surface area contributed by atoms with E-state index in [-0.39, 0.29) is 24.5 Å². The molecule has 0 fully saturated rings. The highest BCUT2D eigenvalue weighted by Crippen LogP contribution is 2.38. The first-order valence-corrected chi connectivity index (χ1v) is 9.71. The number of nitriles is 1. The van der Waals surface area contributed by atoms with Gasteiger partial charge in [-0.15, -0.1) is 0 Å². The fourth-order valence-corrected chi connectivity index (χ4v) is 3.06. The number of esters is 1. The Balaban J connectivity index is 2.51. The van der Waals surface area contributed by atoms with Gasteiger partial charge < -0.3 is 19.2 Å². The molecule has 0 spiro atoms. The van der Waals surface area contributed by atoms with Crippen molar-refractivity contribution in [3.8, 4) is 28.8 Å². The minimum atomic E-state index is -0.527. The van der Waals surface area contributed by atoms with E-state index in [1.54, 1.807) is 25.3 Å². The molecule has 0 saturated heterocycles. The molecule has 27 heavy (non-hydrogen) atoms. The van der Waals surface area contributed by atoms with Crippen LogP contribution >= 0.6 is 27.7 Å². The molecule has 0 amide bonds. The number of methoxy groups -OCH3 is 1. The zero-order valence-corrected chi connectivity index (χ0v) is 17.2. The fraction of sp³-hybridized carbons (Fsp3) is 0.294. The van der Waals surface area contributed by atoms with Gasteiger partial charge in [0.2, 0.25) is 0 Å². The summed E-state index contributed by atoms with van der Waals surface area (Å²) in [6.45, 7) is 1.68. The number of aromatic nitrogens is 2. The normalized spacial score (nSPS) is 10.2. The lowest BCUT2D eigenvalue weighted by atomic mass is 10.1. The first-order chi connectivity index (χ1) is 12.9. The lowest BCUT2D eigenvalue weighted by molar-refractivity contribution is -0.145. The summed E-state index contributed by atoms with van der Waals surface area (Å²) in [5.74, 6) is 0.108. The van der Waals surface area contributed by atoms with E-state index in [0.717, 1.165) is 0 Å². The highest BCUT2D eigenvalue weighted by molar-refractivity contribution is 9.10. The molecule has 10 heteroatoms. The molecule has 1 aromatic carbocycles. The minimum Gasteiger partial charge on any atom is -0.493 e. The molecule has 142 valence electrons. The summed E-state index contributed by atoms with van der Waals surface area (Å²) in [7, 11) is 1.44. The van der Waals surface area contributed by atoms with Crippen LogP contribution in [0.15, 0.2) is 26.6 Å². The number of benzene rings is 1. The standard InChI is InChI=1S/C17H16BrN3O5S/c1-4-25-14(22)8-26-13-6-11(18)9(5-12(13)24-2)15-10(7-19)16(23)21-17(20-15)27-3/h5-6H,4,8H2,1-3H3,(H,20,21,23). The summed E-state index contributed by atoms with van der Waals surface area (Å²) in [6, 6.07) is 5.04. The quantitative estimate of drug-likeness (QED) is 0.386. The Morgan fingerprint density at radius 2 is 2.15 bits per heavy atom. The van der Waals surface area contributed by atoms with Crippen molar-refractivity contribution in [3.63, 3.8) is 0 Å². The lowest BCUT2D eigenvalue weighted by Crippen LogP contribution is -2.15. The second-order valence-corrected chi connectivity index (χ2v) is 6.64. The van der Waals surface area contributed by atoms with Crippen LogP contribution in [-0.4, -0.2) is 42.5 Å². The third-order valence-corrected chi connectivity index (χ3v) is 4.60. The van der Waals surface area contributed by atoms with Crippen molar-refractivity contribution in [3.05, 3.63) is 32.5 Å². The van der Waals surface area contributed by atoms with Gasteiger partial charge in [-0.3, -0.25) is 4.79 Å². The maximum absolute atomic E-state index is 12.1. The molecule has 0 unspecified atom stereocenters. The maximum Gasteiger partial charge on any atom is 0.344 e. The monoisotopic (exact) mass is 453 g/mol. The zero-order valence-electron chi connectivity index (χ0n) is 14.8. The summed E-state index contributed by atoms with van der Waals surface area (Å²) in [5, 5.41) is 9.73. The summed E-state index contributed by atoms with van der Waals surface area (Å²) in [6.07, 6.45) is 1.76. The highest BCUT2D eigenvalue weighted by atomic mass is 79.9. The van der Waals surface area contributed by atoms with E-state index in [0.29, 0.717) is 26.7 Å². The van der Waals surface area contributed by atoms with Crippen molar-refractivity contribution in [2.24, 2.45) is 0 Å². The predicted molar refractivity (Wildman–Crippen MR) is 103 cm³/mol. The number of H-pyrrole nitrogens is 1. The van der Waals surface area contributed by atoms with Crippen LogP contribution in [0.2, 0.25) is 0 Å². The topological polar surface area (TPSA) is 114 Å². The van der Waals surface area contributed by atoms with Crippen molar-refractivity contribution < 1.29 is 19.0 Å². The second-order valence-electron chi connectivity index (χ2n) is 4.99. The molecule has 0 saturated carbocycles. The van der Waals surface area contributed by atoms with Crippen LogP contribution in [0, 0.1) is 11.3 Å². The van der Waals surface area contributed by atoms with Crippen LogP contribution in [0.4, 0.5) is 0 Å². The first-order valence-electron chi connectivity index (χ1n) is 7.69. The van der Waals surface area contributed by atoms with Gasteiger partial charge in [-0.1, -0.05) is 11.8 Å². The summed E-state index contributed by atoms with van der Waals surface area (Å²) in [5.41, 5.74) is 0.0529. The van der Waals surface area contributed by atoms with E-state index < -0.39 is 11.5 Å². The number of hydrogen-bond donors (Lipinski definition) is 1. The third kappa shape index (κ3) is 4.81. The van der Waals surface area contributed by atoms with Gasteiger partial charge in [0.15, 0.2) is 23.3 Å². The van der Waals surface area contributed by atoms with E-state index in [4.69, 9.17) is 14.2 Å². The molecule has 0 atom stereocenters. The van der Waals surface area contributed by atoms with Crippen molar-refractivity contribution >= 4 is 33.7 Å². The number of rotatable bonds is 7. The van der Waals surface area contributed by atoms with Gasteiger partial charge in [-0.05, 0) is 41.2 Å². The Labute approximate surface area is 168 Å². The summed E-state index contributed by atoms with van der Waals surface area (Å²) >= 11 is 4.65. The number of nitrogens with zero attached hydrogens (tertiary/aromatic N) is 2. The number of thioether (sulfide) groups is 1. The van der Waals surface area contributed by atoms with E-state index in [1.165, 1.54) is 18.9 Å². The van der Waals surface area contributed by atoms with Crippen molar-refractivity contribution in [1.82, 2.24) is 9.97 Å². The van der Waals surface area contributed by atoms with Crippen LogP contribution in [0.5, 0.6) is 11.5 Å². The highest BCUT2D eigenvalue weighted by Gasteiger charge is 2.19. The molecular formula is C17H16BrN3O5S. The fourth-order valence-electron chi connectivity index (χ4n) is 2.18. The van der Waals surface area contributed by atoms with Crippen LogP contribution in [-0.2, 0) is 9.53 Å². The summed E-state index contributed by atoms with van der Waals surface area (Å²) < 4.78 is 16.1. The SMILES string of the molecule is CCOC(=O)COc1cc(Br)c(-c2nc(SC)[nH]c(=O)c2C#N)cc1OC. The smallest absolute Gasteiger partial charge is 0.344 e. The van der Waals surface area contributed by atoms with Crippen molar-refractivity contribution in [2.75, 3.05) is 26.6 Å². The number of hydrogen-bond acceptors (Lipinski definition) is 8. The summed E-state index contributed by atoms with van der Waals surface area (Å²) in [4.78, 5) is 30.5. The maximum atomic E-state index is 12.1. The van der Waals surface area contributed by atoms with Gasteiger partial charge >= 0.3 is 5.97 Å². The molecule has 1 N–H and O–H groups in total. The van der Waals surface area contributed by atoms with Crippen LogP contribution < -0.4 is 15.0 Å². The number of nitrogens with one attached hydrogen (secondary N) is 1. The number of ether oxygens (including phenoxy) is 3. The van der Waals surface area contributed by atoms with Crippen LogP contribution in [0.1, 0.15) is 12.5 Å². The van der Waals surface area contributed by atoms with E-state index >= 15 is 0 Å². The second kappa shape index (κ2) is 9.43. The van der Waals surface area contributed by atoms with Crippen LogP contribution in [0.25, 0.3) is 11.3 Å². The molecule has 0 aliphatic carbocycles. The van der Waals surface area contributed by atoms with Crippen molar-refractivity contribution in [1.29, 1.82) is 5.26 Å². The molecule has 8 nitrogen and oxygen atoms in total. The van der Waals surface area contributed by atoms with Gasteiger partial charge in [0.1, 0.15) is 11.6 Å². The lowest BCUT2D eigenvalue weighted by Gasteiger charge is -2.14. The Kier molecular flexibility index (Phi) is 7.27. The number of aromatic amines is 1. The number of halogens is 1. The average Bonchev–Trinajstić information content (AvgIpc) is 2.66. The molecule has 0 radical (unpaired) electrons. The molecule has 2 aromatic rings. The van der Waals surface area contributed by atoms with Gasteiger partial charge in [0.25, 0.3) is 5.56 Å². The Bertz CT molecular complexity index is 955. The Morgan fingerprint density at radius 3 is 2.74 bits per heavy atom. The molecule has 0 aliphatic heterocycles. The Morgan fingerprint density at radius 1 is 1.41 bits per heavy atom. The molecular weight excluding hydrogens is 438 g/mol. The van der Waals surface area contributed by atoms with Crippen molar-refractivity contribution in [2.45, 2.75) is 12.1 Å². The molecule has 2 rings (SSSR count). The van der Waals surface area contributed by atoms with Gasteiger partial charge in [-0.2, -0.15) is 5.26 Å². The van der Waals surface area contributed by atoms with Crippen LogP contribution in [0.3, 0.4) is 0 Å². The molecule has 0 bridgehead atoms. The zero-order chi connectivity index (χ0) is 20.0. The van der Waals surface area contributed by atoms with Gasteiger partial charge in [0.05, 0.1) is 19.4 Å². The van der Waals surface area contributed by atoms with Gasteiger partial charge in [-0.25, -0.2) is 9.78 Å². The largest absolute Gasteiger partial charge is 0.493 e. The van der Waals surface area contributed by atoms with E-state index in [9.17, 15) is 14.9 Å². The average molecular weight is 454 g/mol. The Hall–Kier alpha value is -2.51.